The molecule has 0 aliphatic rings. The molecular weight excluding hydrogens is 216 g/mol. The quantitative estimate of drug-likeness (QED) is 0.733. The summed E-state index contributed by atoms with van der Waals surface area (Å²) in [5.74, 6) is -0.370. The topological polar surface area (TPSA) is 73.1 Å². The Balaban J connectivity index is 2.81. The Kier molecular flexibility index (Phi) is 2.67. The Morgan fingerprint density at radius 2 is 2.00 bits per heavy atom. The van der Waals surface area contributed by atoms with Gasteiger partial charge in [0.1, 0.15) is 5.75 Å². The highest BCUT2D eigenvalue weighted by Crippen LogP contribution is 2.34. The molecular formula is C13H10N2O2. The predicted octanol–water partition coefficient (Wildman–Crippen LogP) is 2.38. The summed E-state index contributed by atoms with van der Waals surface area (Å²) in [6.07, 6.45) is 0. The molecule has 0 aliphatic heterocycles. The number of phenols is 1. The van der Waals surface area contributed by atoms with Crippen molar-refractivity contribution in [3.05, 3.63) is 35.9 Å². The first-order chi connectivity index (χ1) is 8.13. The van der Waals surface area contributed by atoms with Gasteiger partial charge < -0.3 is 10.4 Å². The molecule has 2 aromatic rings. The first-order valence-corrected chi connectivity index (χ1v) is 5.06. The van der Waals surface area contributed by atoms with Crippen LogP contribution in [0.2, 0.25) is 0 Å². The maximum absolute atomic E-state index is 11.1. The Labute approximate surface area is 98.1 Å². The summed E-state index contributed by atoms with van der Waals surface area (Å²) < 4.78 is 0. The second-order valence-corrected chi connectivity index (χ2v) is 3.66. The fourth-order valence-corrected chi connectivity index (χ4v) is 1.76. The third kappa shape index (κ3) is 1.91. The van der Waals surface area contributed by atoms with Crippen LogP contribution in [0.15, 0.2) is 30.3 Å². The minimum Gasteiger partial charge on any atom is -0.506 e. The summed E-state index contributed by atoms with van der Waals surface area (Å²) in [6.45, 7) is 1.37. The van der Waals surface area contributed by atoms with Gasteiger partial charge in [-0.1, -0.05) is 24.3 Å². The number of anilines is 1. The molecule has 0 heterocycles. The van der Waals surface area contributed by atoms with E-state index in [9.17, 15) is 9.90 Å². The lowest BCUT2D eigenvalue weighted by Gasteiger charge is -2.10. The van der Waals surface area contributed by atoms with Crippen molar-refractivity contribution in [1.29, 1.82) is 5.26 Å². The molecule has 0 atom stereocenters. The van der Waals surface area contributed by atoms with E-state index in [1.807, 2.05) is 6.07 Å². The van der Waals surface area contributed by atoms with Crippen LogP contribution < -0.4 is 5.32 Å². The number of benzene rings is 2. The molecule has 0 fully saturated rings. The number of carbonyl (C=O) groups is 1. The smallest absolute Gasteiger partial charge is 0.221 e. The van der Waals surface area contributed by atoms with E-state index in [0.717, 1.165) is 0 Å². The van der Waals surface area contributed by atoms with Gasteiger partial charge in [-0.15, -0.1) is 0 Å². The Bertz CT molecular complexity index is 642. The first kappa shape index (κ1) is 11.0. The molecule has 0 bridgehead atoms. The van der Waals surface area contributed by atoms with E-state index in [1.54, 1.807) is 24.3 Å². The van der Waals surface area contributed by atoms with Crippen molar-refractivity contribution in [3.63, 3.8) is 0 Å². The largest absolute Gasteiger partial charge is 0.506 e. The second kappa shape index (κ2) is 4.14. The molecule has 0 aliphatic carbocycles. The molecule has 0 spiro atoms. The number of carbonyl (C=O) groups excluding carboxylic acids is 1. The number of nitriles is 1. The molecule has 2 aromatic carbocycles. The van der Waals surface area contributed by atoms with Gasteiger partial charge in [0.2, 0.25) is 5.91 Å². The standard InChI is InChI=1S/C13H10N2O2/c1-8(16)15-13-11-5-3-2-4-10(11)9(7-14)6-12(13)17/h2-6,17H,1H3,(H,15,16). The zero-order valence-electron chi connectivity index (χ0n) is 9.19. The van der Waals surface area contributed by atoms with E-state index in [-0.39, 0.29) is 11.7 Å². The van der Waals surface area contributed by atoms with E-state index >= 15 is 0 Å². The number of rotatable bonds is 1. The Hall–Kier alpha value is -2.54. The van der Waals surface area contributed by atoms with Crippen LogP contribution in [-0.4, -0.2) is 11.0 Å². The van der Waals surface area contributed by atoms with Crippen molar-refractivity contribution in [1.82, 2.24) is 0 Å². The molecule has 17 heavy (non-hydrogen) atoms. The lowest BCUT2D eigenvalue weighted by atomic mass is 10.0. The highest BCUT2D eigenvalue weighted by atomic mass is 16.3. The van der Waals surface area contributed by atoms with Crippen molar-refractivity contribution < 1.29 is 9.90 Å². The third-order valence-electron chi connectivity index (χ3n) is 2.45. The number of phenolic OH excluding ortho intramolecular Hbond substituents is 1. The van der Waals surface area contributed by atoms with Gasteiger partial charge in [0.05, 0.1) is 17.3 Å². The highest BCUT2D eigenvalue weighted by Gasteiger charge is 2.11. The van der Waals surface area contributed by atoms with Crippen LogP contribution in [0, 0.1) is 11.3 Å². The van der Waals surface area contributed by atoms with E-state index in [4.69, 9.17) is 5.26 Å². The van der Waals surface area contributed by atoms with E-state index in [1.165, 1.54) is 13.0 Å². The number of nitrogens with one attached hydrogen (secondary N) is 1. The lowest BCUT2D eigenvalue weighted by Crippen LogP contribution is -2.06. The number of nitrogens with zero attached hydrogens (tertiary/aromatic N) is 1. The van der Waals surface area contributed by atoms with Gasteiger partial charge in [-0.3, -0.25) is 4.79 Å². The van der Waals surface area contributed by atoms with Crippen LogP contribution >= 0.6 is 0 Å². The third-order valence-corrected chi connectivity index (χ3v) is 2.45. The molecule has 0 saturated heterocycles. The average Bonchev–Trinajstić information content (AvgIpc) is 2.32. The molecule has 0 radical (unpaired) electrons. The predicted molar refractivity (Wildman–Crippen MR) is 64.6 cm³/mol. The summed E-state index contributed by atoms with van der Waals surface area (Å²) >= 11 is 0. The summed E-state index contributed by atoms with van der Waals surface area (Å²) in [6, 6.07) is 10.5. The molecule has 0 aromatic heterocycles. The van der Waals surface area contributed by atoms with Crippen LogP contribution in [-0.2, 0) is 4.79 Å². The Morgan fingerprint density at radius 1 is 1.35 bits per heavy atom. The second-order valence-electron chi connectivity index (χ2n) is 3.66. The minimum absolute atomic E-state index is 0.101. The van der Waals surface area contributed by atoms with Crippen molar-refractivity contribution in [2.24, 2.45) is 0 Å². The highest BCUT2D eigenvalue weighted by molar-refractivity contribution is 6.05. The maximum Gasteiger partial charge on any atom is 0.221 e. The van der Waals surface area contributed by atoms with Gasteiger partial charge in [0, 0.05) is 23.8 Å². The van der Waals surface area contributed by atoms with Gasteiger partial charge in [-0.25, -0.2) is 0 Å². The van der Waals surface area contributed by atoms with Crippen molar-refractivity contribution in [2.45, 2.75) is 6.92 Å². The molecule has 1 amide bonds. The van der Waals surface area contributed by atoms with E-state index in [2.05, 4.69) is 5.32 Å². The number of hydrogen-bond acceptors (Lipinski definition) is 3. The summed E-state index contributed by atoms with van der Waals surface area (Å²) in [5, 5.41) is 22.7. The fraction of sp³-hybridized carbons (Fsp3) is 0.0769. The number of hydrogen-bond donors (Lipinski definition) is 2. The van der Waals surface area contributed by atoms with Crippen LogP contribution in [0.3, 0.4) is 0 Å². The van der Waals surface area contributed by atoms with Crippen LogP contribution in [0.5, 0.6) is 5.75 Å². The molecule has 0 unspecified atom stereocenters. The lowest BCUT2D eigenvalue weighted by molar-refractivity contribution is -0.114. The van der Waals surface area contributed by atoms with Gasteiger partial charge in [-0.05, 0) is 0 Å². The van der Waals surface area contributed by atoms with Crippen LogP contribution in [0.4, 0.5) is 5.69 Å². The van der Waals surface area contributed by atoms with Crippen LogP contribution in [0.25, 0.3) is 10.8 Å². The Morgan fingerprint density at radius 3 is 2.59 bits per heavy atom. The van der Waals surface area contributed by atoms with Gasteiger partial charge in [0.15, 0.2) is 0 Å². The number of fused-ring (bicyclic) bond motifs is 1. The molecule has 4 heteroatoms. The molecule has 84 valence electrons. The first-order valence-electron chi connectivity index (χ1n) is 5.06. The minimum atomic E-state index is -0.268. The summed E-state index contributed by atoms with van der Waals surface area (Å²) in [7, 11) is 0. The average molecular weight is 226 g/mol. The SMILES string of the molecule is CC(=O)Nc1c(O)cc(C#N)c2ccccc12. The van der Waals surface area contributed by atoms with Crippen LogP contribution in [0.1, 0.15) is 12.5 Å². The van der Waals surface area contributed by atoms with Gasteiger partial charge >= 0.3 is 0 Å². The van der Waals surface area contributed by atoms with E-state index < -0.39 is 0 Å². The van der Waals surface area contributed by atoms with Crippen molar-refractivity contribution in [3.8, 4) is 11.8 Å². The normalized spacial score (nSPS) is 9.88. The number of aromatic hydroxyl groups is 1. The molecule has 2 rings (SSSR count). The zero-order chi connectivity index (χ0) is 12.4. The summed E-state index contributed by atoms with van der Waals surface area (Å²) in [5.41, 5.74) is 0.722. The van der Waals surface area contributed by atoms with E-state index in [0.29, 0.717) is 22.0 Å². The van der Waals surface area contributed by atoms with Crippen molar-refractivity contribution >= 4 is 22.4 Å². The van der Waals surface area contributed by atoms with Gasteiger partial charge in [0.25, 0.3) is 0 Å². The van der Waals surface area contributed by atoms with Crippen molar-refractivity contribution in [2.75, 3.05) is 5.32 Å². The molecule has 0 saturated carbocycles. The molecule has 2 N–H and O–H groups in total. The summed E-state index contributed by atoms with van der Waals surface area (Å²) in [4.78, 5) is 11.1. The number of amides is 1. The zero-order valence-corrected chi connectivity index (χ0v) is 9.19. The fourth-order valence-electron chi connectivity index (χ4n) is 1.76. The van der Waals surface area contributed by atoms with Gasteiger partial charge in [-0.2, -0.15) is 5.26 Å². The maximum atomic E-state index is 11.1. The molecule has 4 nitrogen and oxygen atoms in total. The monoisotopic (exact) mass is 226 g/mol.